The summed E-state index contributed by atoms with van der Waals surface area (Å²) >= 11 is 0. The van der Waals surface area contributed by atoms with Gasteiger partial charge in [-0.25, -0.2) is 9.59 Å². The van der Waals surface area contributed by atoms with Crippen LogP contribution < -0.4 is 16.4 Å². The van der Waals surface area contributed by atoms with Gasteiger partial charge in [-0.2, -0.15) is 0 Å². The number of fused-ring (bicyclic) bond motifs is 1. The number of hydrogen-bond donors (Lipinski definition) is 5. The van der Waals surface area contributed by atoms with Crippen molar-refractivity contribution in [3.8, 4) is 0 Å². The SMILES string of the molecule is CC(C)(C)OC(=O)N[C@H](Cc1c[nH]c2ccccc12)C(=O)N[C@@H](CCCCN)C(=O)O. The Morgan fingerprint density at radius 1 is 1.13 bits per heavy atom. The number of alkyl carbamates (subject to hydrolysis) is 1. The predicted octanol–water partition coefficient (Wildman–Crippen LogP) is 2.30. The Morgan fingerprint density at radius 2 is 1.84 bits per heavy atom. The van der Waals surface area contributed by atoms with Crippen molar-refractivity contribution in [1.29, 1.82) is 0 Å². The number of carboxylic acid groups (broad SMARTS) is 1. The van der Waals surface area contributed by atoms with Gasteiger partial charge >= 0.3 is 12.1 Å². The molecule has 6 N–H and O–H groups in total. The molecule has 0 radical (unpaired) electrons. The number of aromatic nitrogens is 1. The lowest BCUT2D eigenvalue weighted by Crippen LogP contribution is -2.53. The van der Waals surface area contributed by atoms with Crippen molar-refractivity contribution < 1.29 is 24.2 Å². The minimum Gasteiger partial charge on any atom is -0.480 e. The smallest absolute Gasteiger partial charge is 0.408 e. The number of aromatic amines is 1. The Morgan fingerprint density at radius 3 is 2.48 bits per heavy atom. The molecule has 2 amide bonds. The molecule has 0 bridgehead atoms. The van der Waals surface area contributed by atoms with E-state index in [1.165, 1.54) is 0 Å². The van der Waals surface area contributed by atoms with Gasteiger partial charge in [-0.15, -0.1) is 0 Å². The van der Waals surface area contributed by atoms with Gasteiger partial charge in [-0.05, 0) is 58.2 Å². The number of H-pyrrole nitrogens is 1. The average molecular weight is 433 g/mol. The molecule has 9 nitrogen and oxygen atoms in total. The average Bonchev–Trinajstić information content (AvgIpc) is 3.08. The molecule has 0 saturated heterocycles. The summed E-state index contributed by atoms with van der Waals surface area (Å²) in [6, 6.07) is 5.53. The molecule has 2 aromatic rings. The third-order valence-electron chi connectivity index (χ3n) is 4.67. The summed E-state index contributed by atoms with van der Waals surface area (Å²) in [5, 5.41) is 15.5. The monoisotopic (exact) mass is 432 g/mol. The second-order valence-corrected chi connectivity index (χ2v) is 8.45. The van der Waals surface area contributed by atoms with E-state index in [9.17, 15) is 19.5 Å². The standard InChI is InChI=1S/C22H32N4O5/c1-22(2,3)31-21(30)26-18(12-14-13-24-16-9-5-4-8-15(14)16)19(27)25-17(20(28)29)10-6-7-11-23/h4-5,8-9,13,17-18,24H,6-7,10-12,23H2,1-3H3,(H,25,27)(H,26,30)(H,28,29)/t17-,18+/m0/s1. The van der Waals surface area contributed by atoms with Crippen LogP contribution in [0.4, 0.5) is 4.79 Å². The maximum absolute atomic E-state index is 13.0. The molecule has 0 aliphatic heterocycles. The number of para-hydroxylation sites is 1. The normalized spacial score (nSPS) is 13.4. The van der Waals surface area contributed by atoms with Crippen LogP contribution in [0, 0.1) is 0 Å². The van der Waals surface area contributed by atoms with Crippen LogP contribution in [0.5, 0.6) is 0 Å². The summed E-state index contributed by atoms with van der Waals surface area (Å²) in [6.07, 6.45) is 2.68. The number of ether oxygens (including phenoxy) is 1. The molecule has 9 heteroatoms. The molecule has 31 heavy (non-hydrogen) atoms. The number of carbonyl (C=O) groups excluding carboxylic acids is 2. The fourth-order valence-electron chi connectivity index (χ4n) is 3.20. The molecule has 2 atom stereocenters. The molecule has 0 unspecified atom stereocenters. The molecule has 0 aliphatic rings. The first-order valence-corrected chi connectivity index (χ1v) is 10.4. The number of aliphatic carboxylic acids is 1. The Labute approximate surface area is 181 Å². The van der Waals surface area contributed by atoms with Crippen molar-refractivity contribution >= 4 is 28.9 Å². The summed E-state index contributed by atoms with van der Waals surface area (Å²) in [5.41, 5.74) is 6.45. The largest absolute Gasteiger partial charge is 0.480 e. The fourth-order valence-corrected chi connectivity index (χ4v) is 3.20. The summed E-state index contributed by atoms with van der Waals surface area (Å²) in [4.78, 5) is 40.0. The van der Waals surface area contributed by atoms with E-state index >= 15 is 0 Å². The molecule has 1 heterocycles. The van der Waals surface area contributed by atoms with Crippen molar-refractivity contribution in [3.05, 3.63) is 36.0 Å². The summed E-state index contributed by atoms with van der Waals surface area (Å²) in [5.74, 6) is -1.72. The Balaban J connectivity index is 2.20. The topological polar surface area (TPSA) is 147 Å². The zero-order chi connectivity index (χ0) is 23.0. The van der Waals surface area contributed by atoms with E-state index < -0.39 is 35.7 Å². The van der Waals surface area contributed by atoms with Crippen LogP contribution in [-0.2, 0) is 20.7 Å². The molecular formula is C22H32N4O5. The number of benzene rings is 1. The second kappa shape index (κ2) is 10.8. The van der Waals surface area contributed by atoms with E-state index in [0.29, 0.717) is 19.4 Å². The van der Waals surface area contributed by atoms with Gasteiger partial charge < -0.3 is 31.2 Å². The third-order valence-corrected chi connectivity index (χ3v) is 4.67. The third kappa shape index (κ3) is 7.60. The van der Waals surface area contributed by atoms with E-state index in [2.05, 4.69) is 15.6 Å². The first-order chi connectivity index (χ1) is 14.6. The first-order valence-electron chi connectivity index (χ1n) is 10.4. The highest BCUT2D eigenvalue weighted by atomic mass is 16.6. The van der Waals surface area contributed by atoms with Gasteiger partial charge in [0.2, 0.25) is 5.91 Å². The Bertz CT molecular complexity index is 903. The van der Waals surface area contributed by atoms with Crippen molar-refractivity contribution in [2.45, 2.75) is 64.1 Å². The van der Waals surface area contributed by atoms with Crippen LogP contribution in [0.15, 0.2) is 30.5 Å². The summed E-state index contributed by atoms with van der Waals surface area (Å²) < 4.78 is 5.29. The van der Waals surface area contributed by atoms with Crippen LogP contribution in [0.1, 0.15) is 45.6 Å². The number of nitrogens with two attached hydrogens (primary N) is 1. The first kappa shape index (κ1) is 24.2. The van der Waals surface area contributed by atoms with E-state index in [0.717, 1.165) is 16.5 Å². The fraction of sp³-hybridized carbons (Fsp3) is 0.500. The van der Waals surface area contributed by atoms with Gasteiger partial charge in [-0.1, -0.05) is 18.2 Å². The highest BCUT2D eigenvalue weighted by Crippen LogP contribution is 2.19. The highest BCUT2D eigenvalue weighted by molar-refractivity contribution is 5.90. The van der Waals surface area contributed by atoms with Crippen LogP contribution in [0.3, 0.4) is 0 Å². The zero-order valence-electron chi connectivity index (χ0n) is 18.2. The molecule has 1 aromatic carbocycles. The lowest BCUT2D eigenvalue weighted by molar-refractivity contribution is -0.142. The Hall–Kier alpha value is -3.07. The van der Waals surface area contributed by atoms with Crippen LogP contribution in [0.2, 0.25) is 0 Å². The lowest BCUT2D eigenvalue weighted by atomic mass is 10.0. The Kier molecular flexibility index (Phi) is 8.44. The quantitative estimate of drug-likeness (QED) is 0.364. The van der Waals surface area contributed by atoms with Crippen LogP contribution in [0.25, 0.3) is 10.9 Å². The van der Waals surface area contributed by atoms with Crippen LogP contribution in [-0.4, -0.2) is 52.3 Å². The van der Waals surface area contributed by atoms with E-state index in [1.807, 2.05) is 24.3 Å². The van der Waals surface area contributed by atoms with Gasteiger partial charge in [0.15, 0.2) is 0 Å². The summed E-state index contributed by atoms with van der Waals surface area (Å²) in [6.45, 7) is 5.61. The lowest BCUT2D eigenvalue weighted by Gasteiger charge is -2.24. The number of carbonyl (C=O) groups is 3. The van der Waals surface area contributed by atoms with E-state index in [1.54, 1.807) is 27.0 Å². The van der Waals surface area contributed by atoms with Gasteiger partial charge in [0.05, 0.1) is 0 Å². The highest BCUT2D eigenvalue weighted by Gasteiger charge is 2.29. The molecular weight excluding hydrogens is 400 g/mol. The van der Waals surface area contributed by atoms with Crippen molar-refractivity contribution in [3.63, 3.8) is 0 Å². The van der Waals surface area contributed by atoms with Gasteiger partial charge in [0.1, 0.15) is 17.7 Å². The molecule has 1 aromatic heterocycles. The number of nitrogens with one attached hydrogen (secondary N) is 3. The molecule has 0 aliphatic carbocycles. The number of hydrogen-bond acceptors (Lipinski definition) is 5. The van der Waals surface area contributed by atoms with Crippen LogP contribution >= 0.6 is 0 Å². The molecule has 2 rings (SSSR count). The number of unbranched alkanes of at least 4 members (excludes halogenated alkanes) is 1. The maximum Gasteiger partial charge on any atom is 0.408 e. The van der Waals surface area contributed by atoms with E-state index in [-0.39, 0.29) is 12.8 Å². The van der Waals surface area contributed by atoms with E-state index in [4.69, 9.17) is 10.5 Å². The maximum atomic E-state index is 13.0. The van der Waals surface area contributed by atoms with Gasteiger partial charge in [0, 0.05) is 23.5 Å². The number of carboxylic acids is 1. The van der Waals surface area contributed by atoms with Gasteiger partial charge in [0.25, 0.3) is 0 Å². The zero-order valence-corrected chi connectivity index (χ0v) is 18.2. The van der Waals surface area contributed by atoms with Crippen molar-refractivity contribution in [2.75, 3.05) is 6.54 Å². The van der Waals surface area contributed by atoms with Crippen molar-refractivity contribution in [1.82, 2.24) is 15.6 Å². The summed E-state index contributed by atoms with van der Waals surface area (Å²) in [7, 11) is 0. The van der Waals surface area contributed by atoms with Crippen molar-refractivity contribution in [2.24, 2.45) is 5.73 Å². The number of amides is 2. The molecule has 0 spiro atoms. The molecule has 0 saturated carbocycles. The molecule has 0 fully saturated rings. The second-order valence-electron chi connectivity index (χ2n) is 8.45. The minimum absolute atomic E-state index is 0.171. The minimum atomic E-state index is -1.13. The molecule has 170 valence electrons. The predicted molar refractivity (Wildman–Crippen MR) is 118 cm³/mol. The van der Waals surface area contributed by atoms with Gasteiger partial charge in [-0.3, -0.25) is 4.79 Å². The number of rotatable bonds is 10.